The van der Waals surface area contributed by atoms with E-state index in [9.17, 15) is 12.8 Å². The first-order chi connectivity index (χ1) is 9.94. The van der Waals surface area contributed by atoms with Crippen molar-refractivity contribution in [3.05, 3.63) is 59.4 Å². The summed E-state index contributed by atoms with van der Waals surface area (Å²) in [7, 11) is -2.17. The van der Waals surface area contributed by atoms with E-state index in [1.807, 2.05) is 0 Å². The van der Waals surface area contributed by atoms with E-state index in [-0.39, 0.29) is 11.4 Å². The average Bonchev–Trinajstić information content (AvgIpc) is 2.46. The fourth-order valence-corrected chi connectivity index (χ4v) is 3.01. The largest absolute Gasteiger partial charge is 0.496 e. The SMILES string of the molecule is COc1ccc(S(=O)(=O)NCc2ccccc2F)cc1C. The lowest BCUT2D eigenvalue weighted by molar-refractivity contribution is 0.411. The Bertz CT molecular complexity index is 744. The van der Waals surface area contributed by atoms with Gasteiger partial charge in [0.2, 0.25) is 10.0 Å². The van der Waals surface area contributed by atoms with E-state index in [1.165, 1.54) is 31.4 Å². The fraction of sp³-hybridized carbons (Fsp3) is 0.200. The van der Waals surface area contributed by atoms with Crippen molar-refractivity contribution in [1.29, 1.82) is 0 Å². The molecular weight excluding hydrogens is 293 g/mol. The Morgan fingerprint density at radius 3 is 2.52 bits per heavy atom. The Morgan fingerprint density at radius 2 is 1.90 bits per heavy atom. The summed E-state index contributed by atoms with van der Waals surface area (Å²) in [5.41, 5.74) is 1.01. The van der Waals surface area contributed by atoms with Gasteiger partial charge >= 0.3 is 0 Å². The normalized spacial score (nSPS) is 11.4. The second-order valence-electron chi connectivity index (χ2n) is 4.55. The first kappa shape index (κ1) is 15.5. The summed E-state index contributed by atoms with van der Waals surface area (Å²) in [4.78, 5) is 0.122. The molecule has 2 aromatic carbocycles. The number of nitrogens with one attached hydrogen (secondary N) is 1. The Labute approximate surface area is 123 Å². The van der Waals surface area contributed by atoms with E-state index in [1.54, 1.807) is 25.1 Å². The Balaban J connectivity index is 2.19. The summed E-state index contributed by atoms with van der Waals surface area (Å²) in [6.07, 6.45) is 0. The second kappa shape index (κ2) is 6.24. The van der Waals surface area contributed by atoms with Crippen LogP contribution in [0.4, 0.5) is 4.39 Å². The highest BCUT2D eigenvalue weighted by atomic mass is 32.2. The van der Waals surface area contributed by atoms with Crippen LogP contribution in [-0.2, 0) is 16.6 Å². The van der Waals surface area contributed by atoms with Gasteiger partial charge in [0.1, 0.15) is 11.6 Å². The van der Waals surface area contributed by atoms with Gasteiger partial charge in [-0.2, -0.15) is 0 Å². The lowest BCUT2D eigenvalue weighted by Crippen LogP contribution is -2.23. The second-order valence-corrected chi connectivity index (χ2v) is 6.31. The van der Waals surface area contributed by atoms with Gasteiger partial charge in [0.05, 0.1) is 12.0 Å². The lowest BCUT2D eigenvalue weighted by atomic mass is 10.2. The minimum atomic E-state index is -3.69. The quantitative estimate of drug-likeness (QED) is 0.923. The zero-order chi connectivity index (χ0) is 15.5. The van der Waals surface area contributed by atoms with E-state index >= 15 is 0 Å². The molecule has 0 amide bonds. The van der Waals surface area contributed by atoms with Crippen molar-refractivity contribution in [2.75, 3.05) is 7.11 Å². The van der Waals surface area contributed by atoms with Crippen LogP contribution in [0.1, 0.15) is 11.1 Å². The van der Waals surface area contributed by atoms with Crippen LogP contribution >= 0.6 is 0 Å². The van der Waals surface area contributed by atoms with Gasteiger partial charge in [0, 0.05) is 12.1 Å². The molecule has 0 saturated heterocycles. The highest BCUT2D eigenvalue weighted by molar-refractivity contribution is 7.89. The Kier molecular flexibility index (Phi) is 4.59. The van der Waals surface area contributed by atoms with Gasteiger partial charge in [-0.3, -0.25) is 0 Å². The average molecular weight is 309 g/mol. The van der Waals surface area contributed by atoms with Gasteiger partial charge in [-0.25, -0.2) is 17.5 Å². The molecule has 0 aliphatic carbocycles. The smallest absolute Gasteiger partial charge is 0.240 e. The summed E-state index contributed by atoms with van der Waals surface area (Å²) < 4.78 is 45.3. The standard InChI is InChI=1S/C15H16FNO3S/c1-11-9-13(7-8-15(11)20-2)21(18,19)17-10-12-5-3-4-6-14(12)16/h3-9,17H,10H2,1-2H3. The summed E-state index contributed by atoms with van der Waals surface area (Å²) in [6.45, 7) is 1.66. The first-order valence-electron chi connectivity index (χ1n) is 6.32. The number of benzene rings is 2. The molecule has 0 aliphatic heterocycles. The minimum Gasteiger partial charge on any atom is -0.496 e. The van der Waals surface area contributed by atoms with E-state index in [2.05, 4.69) is 4.72 Å². The third kappa shape index (κ3) is 3.59. The molecule has 0 radical (unpaired) electrons. The van der Waals surface area contributed by atoms with Crippen LogP contribution in [0.3, 0.4) is 0 Å². The molecule has 0 saturated carbocycles. The molecule has 0 aromatic heterocycles. The highest BCUT2D eigenvalue weighted by Crippen LogP contribution is 2.21. The number of sulfonamides is 1. The number of rotatable bonds is 5. The van der Waals surface area contributed by atoms with Crippen LogP contribution in [0.25, 0.3) is 0 Å². The molecule has 6 heteroatoms. The van der Waals surface area contributed by atoms with Crippen molar-refractivity contribution in [3.63, 3.8) is 0 Å². The summed E-state index contributed by atoms with van der Waals surface area (Å²) in [5.74, 6) is 0.175. The number of halogens is 1. The van der Waals surface area contributed by atoms with E-state index < -0.39 is 15.8 Å². The van der Waals surface area contributed by atoms with Crippen LogP contribution in [0.2, 0.25) is 0 Å². The molecule has 112 valence electrons. The predicted molar refractivity (Wildman–Crippen MR) is 78.2 cm³/mol. The zero-order valence-electron chi connectivity index (χ0n) is 11.8. The monoisotopic (exact) mass is 309 g/mol. The van der Waals surface area contributed by atoms with E-state index in [4.69, 9.17) is 4.74 Å². The summed E-state index contributed by atoms with van der Waals surface area (Å²) >= 11 is 0. The number of hydrogen-bond acceptors (Lipinski definition) is 3. The van der Waals surface area contributed by atoms with E-state index in [0.717, 1.165) is 0 Å². The summed E-state index contributed by atoms with van der Waals surface area (Å²) in [5, 5.41) is 0. The number of methoxy groups -OCH3 is 1. The molecule has 0 bridgehead atoms. The maximum absolute atomic E-state index is 13.5. The highest BCUT2D eigenvalue weighted by Gasteiger charge is 2.15. The van der Waals surface area contributed by atoms with Crippen molar-refractivity contribution in [2.45, 2.75) is 18.4 Å². The maximum Gasteiger partial charge on any atom is 0.240 e. The third-order valence-electron chi connectivity index (χ3n) is 3.09. The topological polar surface area (TPSA) is 55.4 Å². The van der Waals surface area contributed by atoms with Gasteiger partial charge in [-0.1, -0.05) is 18.2 Å². The molecule has 1 N–H and O–H groups in total. The molecule has 2 rings (SSSR count). The molecular formula is C15H16FNO3S. The molecule has 0 unspecified atom stereocenters. The number of ether oxygens (including phenoxy) is 1. The van der Waals surface area contributed by atoms with Crippen molar-refractivity contribution < 1.29 is 17.5 Å². The van der Waals surface area contributed by atoms with Crippen LogP contribution < -0.4 is 9.46 Å². The fourth-order valence-electron chi connectivity index (χ4n) is 1.92. The molecule has 0 spiro atoms. The lowest BCUT2D eigenvalue weighted by Gasteiger charge is -2.10. The summed E-state index contributed by atoms with van der Waals surface area (Å²) in [6, 6.07) is 10.6. The van der Waals surface area contributed by atoms with Gasteiger partial charge in [-0.05, 0) is 36.8 Å². The van der Waals surface area contributed by atoms with Gasteiger partial charge in [0.25, 0.3) is 0 Å². The first-order valence-corrected chi connectivity index (χ1v) is 7.80. The molecule has 0 heterocycles. The Morgan fingerprint density at radius 1 is 1.19 bits per heavy atom. The van der Waals surface area contributed by atoms with Gasteiger partial charge in [0.15, 0.2) is 0 Å². The van der Waals surface area contributed by atoms with Crippen LogP contribution in [0, 0.1) is 12.7 Å². The number of aryl methyl sites for hydroxylation is 1. The van der Waals surface area contributed by atoms with Crippen LogP contribution in [-0.4, -0.2) is 15.5 Å². The van der Waals surface area contributed by atoms with Crippen molar-refractivity contribution in [1.82, 2.24) is 4.72 Å². The molecule has 0 aliphatic rings. The van der Waals surface area contributed by atoms with Gasteiger partial charge < -0.3 is 4.74 Å². The zero-order valence-corrected chi connectivity index (χ0v) is 12.6. The maximum atomic E-state index is 13.5. The molecule has 4 nitrogen and oxygen atoms in total. The van der Waals surface area contributed by atoms with Crippen molar-refractivity contribution >= 4 is 10.0 Å². The van der Waals surface area contributed by atoms with Crippen LogP contribution in [0.5, 0.6) is 5.75 Å². The van der Waals surface area contributed by atoms with Gasteiger partial charge in [-0.15, -0.1) is 0 Å². The number of hydrogen-bond donors (Lipinski definition) is 1. The van der Waals surface area contributed by atoms with Crippen molar-refractivity contribution in [3.8, 4) is 5.75 Å². The van der Waals surface area contributed by atoms with Crippen molar-refractivity contribution in [2.24, 2.45) is 0 Å². The molecule has 0 fully saturated rings. The minimum absolute atomic E-state index is 0.0971. The predicted octanol–water partition coefficient (Wildman–Crippen LogP) is 2.62. The van der Waals surface area contributed by atoms with E-state index in [0.29, 0.717) is 16.9 Å². The third-order valence-corrected chi connectivity index (χ3v) is 4.49. The van der Waals surface area contributed by atoms with Crippen LogP contribution in [0.15, 0.2) is 47.4 Å². The molecule has 0 atom stereocenters. The Hall–Kier alpha value is -1.92. The molecule has 2 aromatic rings. The molecule has 21 heavy (non-hydrogen) atoms.